The number of thiazole rings is 1. The van der Waals surface area contributed by atoms with E-state index < -0.39 is 11.7 Å². The summed E-state index contributed by atoms with van der Waals surface area (Å²) < 4.78 is 58.6. The van der Waals surface area contributed by atoms with E-state index in [0.29, 0.717) is 34.8 Å². The molecule has 0 spiro atoms. The Morgan fingerprint density at radius 1 is 1.14 bits per heavy atom. The second kappa shape index (κ2) is 9.15. The predicted octanol–water partition coefficient (Wildman–Crippen LogP) is 4.80. The van der Waals surface area contributed by atoms with Crippen LogP contribution in [0, 0.1) is 5.82 Å². The van der Waals surface area contributed by atoms with Gasteiger partial charge in [0.15, 0.2) is 0 Å². The molecule has 0 saturated carbocycles. The highest BCUT2D eigenvalue weighted by molar-refractivity contribution is 7.07. The van der Waals surface area contributed by atoms with Crippen LogP contribution in [-0.2, 0) is 10.9 Å². The summed E-state index contributed by atoms with van der Waals surface area (Å²) in [5, 5.41) is 6.15. The maximum Gasteiger partial charge on any atom is 0.416 e. The first kappa shape index (κ1) is 20.9. The average molecular weight is 423 g/mol. The van der Waals surface area contributed by atoms with Crippen molar-refractivity contribution in [1.29, 1.82) is 0 Å². The molecule has 1 heterocycles. The molecule has 29 heavy (non-hydrogen) atoms. The van der Waals surface area contributed by atoms with E-state index in [0.717, 1.165) is 12.1 Å². The minimum absolute atomic E-state index is 0.298. The van der Waals surface area contributed by atoms with Crippen LogP contribution in [0.3, 0.4) is 0 Å². The van der Waals surface area contributed by atoms with Gasteiger partial charge in [0.25, 0.3) is 0 Å². The zero-order chi connectivity index (χ0) is 20.9. The summed E-state index contributed by atoms with van der Waals surface area (Å²) in [5.74, 6) is -0.368. The summed E-state index contributed by atoms with van der Waals surface area (Å²) in [6.45, 7) is 0.820. The number of hydrogen-bond donors (Lipinski definition) is 0. The molecule has 0 bridgehead atoms. The van der Waals surface area contributed by atoms with Gasteiger partial charge in [0.05, 0.1) is 30.6 Å². The molecule has 152 valence electrons. The van der Waals surface area contributed by atoms with E-state index >= 15 is 0 Å². The number of hydrogen-bond acceptors (Lipinski definition) is 4. The smallest absolute Gasteiger partial charge is 0.383 e. The number of ether oxygens (including phenoxy) is 1. The van der Waals surface area contributed by atoms with Crippen LogP contribution in [0.15, 0.2) is 64.0 Å². The summed E-state index contributed by atoms with van der Waals surface area (Å²) in [4.78, 5) is 4.96. The fourth-order valence-electron chi connectivity index (χ4n) is 2.49. The maximum atomic E-state index is 13.3. The molecule has 0 aliphatic rings. The summed E-state index contributed by atoms with van der Waals surface area (Å²) in [5.41, 5.74) is 0.901. The zero-order valence-electron chi connectivity index (χ0n) is 15.4. The molecule has 2 aromatic carbocycles. The molecule has 1 aromatic heterocycles. The van der Waals surface area contributed by atoms with Crippen molar-refractivity contribution in [3.05, 3.63) is 75.7 Å². The Morgan fingerprint density at radius 3 is 2.59 bits per heavy atom. The lowest BCUT2D eigenvalue weighted by molar-refractivity contribution is -0.137. The maximum absolute atomic E-state index is 13.3. The molecule has 0 radical (unpaired) electrons. The van der Waals surface area contributed by atoms with E-state index in [2.05, 4.69) is 10.1 Å². The lowest BCUT2D eigenvalue weighted by atomic mass is 10.1. The molecular formula is C20H17F4N3OS. The van der Waals surface area contributed by atoms with Crippen molar-refractivity contribution in [1.82, 2.24) is 4.68 Å². The summed E-state index contributed by atoms with van der Waals surface area (Å²) in [7, 11) is 1.56. The van der Waals surface area contributed by atoms with Gasteiger partial charge >= 0.3 is 6.18 Å². The van der Waals surface area contributed by atoms with Crippen LogP contribution in [0.25, 0.3) is 11.3 Å². The van der Waals surface area contributed by atoms with E-state index in [1.165, 1.54) is 46.5 Å². The summed E-state index contributed by atoms with van der Waals surface area (Å²) in [6.07, 6.45) is -3.09. The lowest BCUT2D eigenvalue weighted by Gasteiger charge is -2.07. The molecule has 9 heteroatoms. The Labute approximate surface area is 168 Å². The van der Waals surface area contributed by atoms with Crippen LogP contribution in [0.5, 0.6) is 0 Å². The Morgan fingerprint density at radius 2 is 1.90 bits per heavy atom. The molecule has 0 aliphatic heterocycles. The molecule has 0 atom stereocenters. The molecule has 4 nitrogen and oxygen atoms in total. The van der Waals surface area contributed by atoms with Crippen LogP contribution in [-0.4, -0.2) is 31.2 Å². The van der Waals surface area contributed by atoms with Crippen molar-refractivity contribution in [3.8, 4) is 11.3 Å². The fourth-order valence-corrected chi connectivity index (χ4v) is 3.35. The molecule has 3 rings (SSSR count). The number of nitrogens with zero attached hydrogens (tertiary/aromatic N) is 3. The quantitative estimate of drug-likeness (QED) is 0.319. The van der Waals surface area contributed by atoms with Crippen molar-refractivity contribution in [3.63, 3.8) is 0 Å². The largest absolute Gasteiger partial charge is 0.416 e. The van der Waals surface area contributed by atoms with Crippen LogP contribution in [0.1, 0.15) is 11.1 Å². The van der Waals surface area contributed by atoms with Crippen molar-refractivity contribution in [2.75, 3.05) is 20.3 Å². The monoisotopic (exact) mass is 423 g/mol. The summed E-state index contributed by atoms with van der Waals surface area (Å²) >= 11 is 1.32. The average Bonchev–Trinajstić information content (AvgIpc) is 3.09. The first-order chi connectivity index (χ1) is 13.9. The van der Waals surface area contributed by atoms with Crippen molar-refractivity contribution >= 4 is 17.6 Å². The van der Waals surface area contributed by atoms with Gasteiger partial charge in [-0.05, 0) is 42.0 Å². The SMILES string of the molecule is COCCN=c1scc(-c2ccc(F)cc2)n1/N=C\c1cccc(C(F)(F)F)c1. The molecule has 0 saturated heterocycles. The van der Waals surface area contributed by atoms with Crippen LogP contribution in [0.4, 0.5) is 17.6 Å². The van der Waals surface area contributed by atoms with Gasteiger partial charge in [0, 0.05) is 18.1 Å². The standard InChI is InChI=1S/C20H17F4N3OS/c1-28-10-9-25-19-27(18(13-29-19)15-5-7-17(21)8-6-15)26-12-14-3-2-4-16(11-14)20(22,23)24/h2-8,11-13H,9-10H2,1H3/b25-19?,26-12-. The molecule has 0 fully saturated rings. The van der Waals surface area contributed by atoms with Crippen LogP contribution < -0.4 is 4.80 Å². The van der Waals surface area contributed by atoms with Gasteiger partial charge in [-0.25, -0.2) is 9.07 Å². The Kier molecular flexibility index (Phi) is 6.60. The van der Waals surface area contributed by atoms with E-state index in [9.17, 15) is 17.6 Å². The third-order valence-electron chi connectivity index (χ3n) is 3.90. The lowest BCUT2D eigenvalue weighted by Crippen LogP contribution is -2.14. The van der Waals surface area contributed by atoms with Gasteiger partial charge in [-0.2, -0.15) is 18.3 Å². The second-order valence-corrected chi connectivity index (χ2v) is 6.80. The minimum Gasteiger partial charge on any atom is -0.383 e. The van der Waals surface area contributed by atoms with Crippen molar-refractivity contribution in [2.45, 2.75) is 6.18 Å². The molecular weight excluding hydrogens is 406 g/mol. The topological polar surface area (TPSA) is 38.9 Å². The van der Waals surface area contributed by atoms with Gasteiger partial charge in [0.1, 0.15) is 5.82 Å². The molecule has 0 N–H and O–H groups in total. The Bertz CT molecular complexity index is 1050. The van der Waals surface area contributed by atoms with Crippen LogP contribution >= 0.6 is 11.3 Å². The highest BCUT2D eigenvalue weighted by Gasteiger charge is 2.30. The first-order valence-electron chi connectivity index (χ1n) is 8.56. The van der Waals surface area contributed by atoms with E-state index in [1.54, 1.807) is 19.2 Å². The van der Waals surface area contributed by atoms with E-state index in [1.807, 2.05) is 5.38 Å². The van der Waals surface area contributed by atoms with Crippen molar-refractivity contribution < 1.29 is 22.3 Å². The van der Waals surface area contributed by atoms with Gasteiger partial charge in [-0.1, -0.05) is 12.1 Å². The van der Waals surface area contributed by atoms with Gasteiger partial charge in [0.2, 0.25) is 4.80 Å². The normalized spacial score (nSPS) is 12.8. The Balaban J connectivity index is 2.02. The highest BCUT2D eigenvalue weighted by Crippen LogP contribution is 2.29. The molecule has 0 amide bonds. The third-order valence-corrected chi connectivity index (χ3v) is 4.76. The number of alkyl halides is 3. The number of methoxy groups -OCH3 is 1. The summed E-state index contributed by atoms with van der Waals surface area (Å²) in [6, 6.07) is 10.8. The number of halogens is 4. The fraction of sp³-hybridized carbons (Fsp3) is 0.200. The van der Waals surface area contributed by atoms with Gasteiger partial charge < -0.3 is 4.74 Å². The number of rotatable bonds is 6. The van der Waals surface area contributed by atoms with Crippen molar-refractivity contribution in [2.24, 2.45) is 10.1 Å². The third kappa shape index (κ3) is 5.39. The second-order valence-electron chi connectivity index (χ2n) is 5.96. The van der Waals surface area contributed by atoms with Gasteiger partial charge in [-0.3, -0.25) is 4.99 Å². The molecule has 0 aliphatic carbocycles. The zero-order valence-corrected chi connectivity index (χ0v) is 16.2. The van der Waals surface area contributed by atoms with E-state index in [4.69, 9.17) is 4.74 Å². The number of aromatic nitrogens is 1. The minimum atomic E-state index is -4.43. The van der Waals surface area contributed by atoms with Crippen LogP contribution in [0.2, 0.25) is 0 Å². The predicted molar refractivity (Wildman–Crippen MR) is 104 cm³/mol. The molecule has 3 aromatic rings. The molecule has 0 unspecified atom stereocenters. The first-order valence-corrected chi connectivity index (χ1v) is 9.44. The number of benzene rings is 2. The van der Waals surface area contributed by atoms with Gasteiger partial charge in [-0.15, -0.1) is 11.3 Å². The highest BCUT2D eigenvalue weighted by atomic mass is 32.1. The Hall–Kier alpha value is -2.78. The van der Waals surface area contributed by atoms with E-state index in [-0.39, 0.29) is 5.82 Å².